The predicted molar refractivity (Wildman–Crippen MR) is 173 cm³/mol. The first-order chi connectivity index (χ1) is 21.7. The first kappa shape index (κ1) is 30.6. The highest BCUT2D eigenvalue weighted by Gasteiger charge is 2.37. The Morgan fingerprint density at radius 2 is 1.84 bits per heavy atom. The number of carbonyl (C=O) groups excluding carboxylic acids is 1. The van der Waals surface area contributed by atoms with Crippen LogP contribution in [0, 0.1) is 13.8 Å². The Hall–Kier alpha value is -4.45. The van der Waals surface area contributed by atoms with E-state index < -0.39 is 12.0 Å². The van der Waals surface area contributed by atoms with E-state index in [9.17, 15) is 9.59 Å². The Morgan fingerprint density at radius 1 is 1.09 bits per heavy atom. The van der Waals surface area contributed by atoms with Crippen molar-refractivity contribution in [2.45, 2.75) is 37.1 Å². The molecule has 0 saturated carbocycles. The van der Waals surface area contributed by atoms with Gasteiger partial charge in [-0.2, -0.15) is 0 Å². The fourth-order valence-electron chi connectivity index (χ4n) is 5.08. The normalized spacial score (nSPS) is 14.7. The number of rotatable bonds is 8. The van der Waals surface area contributed by atoms with Gasteiger partial charge in [0.1, 0.15) is 17.6 Å². The molecule has 0 bridgehead atoms. The van der Waals surface area contributed by atoms with E-state index >= 15 is 0 Å². The summed E-state index contributed by atoms with van der Waals surface area (Å²) in [5.41, 5.74) is 3.19. The molecule has 1 atom stereocenters. The van der Waals surface area contributed by atoms with Crippen LogP contribution in [-0.2, 0) is 9.53 Å². The Balaban J connectivity index is 1.54. The molecule has 4 heterocycles. The molecule has 45 heavy (non-hydrogen) atoms. The molecule has 0 N–H and O–H groups in total. The lowest BCUT2D eigenvalue weighted by molar-refractivity contribution is -0.138. The zero-order valence-corrected chi connectivity index (χ0v) is 27.1. The zero-order valence-electron chi connectivity index (χ0n) is 24.7. The molecule has 0 unspecified atom stereocenters. The van der Waals surface area contributed by atoms with Crippen LogP contribution in [0.4, 0.5) is 0 Å². The van der Waals surface area contributed by atoms with E-state index in [4.69, 9.17) is 30.5 Å². The number of methoxy groups -OCH3 is 1. The van der Waals surface area contributed by atoms with Crippen LogP contribution in [0.2, 0.25) is 5.02 Å². The standard InChI is InChI=1S/C33H27ClN4O5S2/c1-5-42-31(40)27-28(20-9-7-6-8-10-20)37-33-38(29(27)23-16-21(34)11-13-24(23)41-4)30(39)25(44-33)17-22-12-14-26(43-22)45-32-35-18(2)15-19(3)36-32/h6-17,29H,5H2,1-4H3/b25-17-/t29-/m1/s1. The van der Waals surface area contributed by atoms with Crippen LogP contribution in [0.25, 0.3) is 11.8 Å². The van der Waals surface area contributed by atoms with Crippen molar-refractivity contribution in [2.75, 3.05) is 13.7 Å². The summed E-state index contributed by atoms with van der Waals surface area (Å²) in [5, 5.41) is 1.57. The number of benzene rings is 2. The number of carbonyl (C=O) groups is 1. The summed E-state index contributed by atoms with van der Waals surface area (Å²) in [6.45, 7) is 5.69. The van der Waals surface area contributed by atoms with Gasteiger partial charge in [0.2, 0.25) is 0 Å². The highest BCUT2D eigenvalue weighted by Crippen LogP contribution is 2.39. The zero-order chi connectivity index (χ0) is 31.7. The first-order valence-corrected chi connectivity index (χ1v) is 16.0. The smallest absolute Gasteiger partial charge is 0.338 e. The maximum absolute atomic E-state index is 14.2. The number of aryl methyl sites for hydroxylation is 2. The topological polar surface area (TPSA) is 109 Å². The van der Waals surface area contributed by atoms with Crippen LogP contribution in [0.3, 0.4) is 0 Å². The molecule has 9 nitrogen and oxygen atoms in total. The summed E-state index contributed by atoms with van der Waals surface area (Å²) < 4.78 is 19.1. The van der Waals surface area contributed by atoms with Crippen molar-refractivity contribution in [2.24, 2.45) is 4.99 Å². The van der Waals surface area contributed by atoms with E-state index in [1.165, 1.54) is 34.8 Å². The number of esters is 1. The second-order valence-electron chi connectivity index (χ2n) is 10.0. The second-order valence-corrected chi connectivity index (χ2v) is 12.4. The number of furan rings is 1. The molecule has 3 aromatic heterocycles. The van der Waals surface area contributed by atoms with Crippen LogP contribution in [0.15, 0.2) is 96.8 Å². The Bertz CT molecular complexity index is 2120. The van der Waals surface area contributed by atoms with Crippen molar-refractivity contribution in [3.8, 4) is 5.75 Å². The average Bonchev–Trinajstić information content (AvgIpc) is 3.59. The molecule has 228 valence electrons. The molecule has 5 aromatic rings. The van der Waals surface area contributed by atoms with Gasteiger partial charge in [0.15, 0.2) is 15.1 Å². The van der Waals surface area contributed by atoms with Gasteiger partial charge in [0, 0.05) is 33.6 Å². The van der Waals surface area contributed by atoms with Crippen LogP contribution in [0.5, 0.6) is 5.75 Å². The van der Waals surface area contributed by atoms with Gasteiger partial charge >= 0.3 is 5.97 Å². The molecule has 0 amide bonds. The summed E-state index contributed by atoms with van der Waals surface area (Å²) in [5.74, 6) is 0.330. The monoisotopic (exact) mass is 658 g/mol. The highest BCUT2D eigenvalue weighted by atomic mass is 35.5. The van der Waals surface area contributed by atoms with E-state index in [-0.39, 0.29) is 17.7 Å². The Labute approximate surface area is 271 Å². The van der Waals surface area contributed by atoms with E-state index in [1.54, 1.807) is 43.3 Å². The number of hydrogen-bond donors (Lipinski definition) is 0. The number of aromatic nitrogens is 3. The minimum Gasteiger partial charge on any atom is -0.496 e. The van der Waals surface area contributed by atoms with Gasteiger partial charge in [-0.3, -0.25) is 9.36 Å². The molecule has 1 aliphatic heterocycles. The second kappa shape index (κ2) is 12.9. The molecule has 0 saturated heterocycles. The van der Waals surface area contributed by atoms with Crippen LogP contribution in [0.1, 0.15) is 41.2 Å². The fourth-order valence-corrected chi connectivity index (χ4v) is 7.07. The highest BCUT2D eigenvalue weighted by molar-refractivity contribution is 7.99. The summed E-state index contributed by atoms with van der Waals surface area (Å²) in [6.07, 6.45) is 1.67. The summed E-state index contributed by atoms with van der Waals surface area (Å²) in [6, 6.07) is 19.0. The van der Waals surface area contributed by atoms with Crippen molar-refractivity contribution in [1.29, 1.82) is 0 Å². The molecule has 6 rings (SSSR count). The van der Waals surface area contributed by atoms with E-state index in [0.717, 1.165) is 11.4 Å². The number of nitrogens with zero attached hydrogens (tertiary/aromatic N) is 4. The number of thiazole rings is 1. The van der Waals surface area contributed by atoms with Crippen molar-refractivity contribution in [3.63, 3.8) is 0 Å². The Kier molecular flexibility index (Phi) is 8.75. The molecule has 0 spiro atoms. The van der Waals surface area contributed by atoms with Gasteiger partial charge in [-0.05, 0) is 68.9 Å². The van der Waals surface area contributed by atoms with E-state index in [0.29, 0.717) is 52.9 Å². The minimum atomic E-state index is -0.935. The van der Waals surface area contributed by atoms with Gasteiger partial charge in [0.05, 0.1) is 29.5 Å². The fraction of sp³-hybridized carbons (Fsp3) is 0.182. The van der Waals surface area contributed by atoms with Gasteiger partial charge in [-0.1, -0.05) is 53.3 Å². The molecule has 0 fully saturated rings. The van der Waals surface area contributed by atoms with Gasteiger partial charge in [-0.25, -0.2) is 19.8 Å². The summed E-state index contributed by atoms with van der Waals surface area (Å²) in [7, 11) is 1.53. The Morgan fingerprint density at radius 3 is 2.56 bits per heavy atom. The first-order valence-electron chi connectivity index (χ1n) is 14.0. The third kappa shape index (κ3) is 6.24. The lowest BCUT2D eigenvalue weighted by Crippen LogP contribution is -2.40. The molecule has 2 aromatic carbocycles. The molecule has 1 aliphatic rings. The molecular weight excluding hydrogens is 632 g/mol. The number of fused-ring (bicyclic) bond motifs is 1. The number of hydrogen-bond acceptors (Lipinski definition) is 10. The molecule has 0 aliphatic carbocycles. The number of ether oxygens (including phenoxy) is 2. The lowest BCUT2D eigenvalue weighted by Gasteiger charge is -2.27. The van der Waals surface area contributed by atoms with Crippen molar-refractivity contribution >= 4 is 52.4 Å². The average molecular weight is 659 g/mol. The third-order valence-electron chi connectivity index (χ3n) is 6.89. The van der Waals surface area contributed by atoms with Crippen LogP contribution >= 0.6 is 34.7 Å². The van der Waals surface area contributed by atoms with E-state index in [2.05, 4.69) is 9.97 Å². The largest absolute Gasteiger partial charge is 0.496 e. The maximum Gasteiger partial charge on any atom is 0.338 e. The quantitative estimate of drug-likeness (QED) is 0.153. The maximum atomic E-state index is 14.2. The van der Waals surface area contributed by atoms with Crippen LogP contribution < -0.4 is 19.6 Å². The molecular formula is C33H27ClN4O5S2. The van der Waals surface area contributed by atoms with Gasteiger partial charge in [-0.15, -0.1) is 0 Å². The predicted octanol–water partition coefficient (Wildman–Crippen LogP) is 5.75. The van der Waals surface area contributed by atoms with Gasteiger partial charge < -0.3 is 13.9 Å². The van der Waals surface area contributed by atoms with Gasteiger partial charge in [0.25, 0.3) is 5.56 Å². The van der Waals surface area contributed by atoms with Crippen LogP contribution in [-0.4, -0.2) is 34.2 Å². The third-order valence-corrected chi connectivity index (χ3v) is 8.89. The molecule has 0 radical (unpaired) electrons. The van der Waals surface area contributed by atoms with E-state index in [1.807, 2.05) is 50.2 Å². The SMILES string of the molecule is CCOC(=O)C1=C(c2ccccc2)N=c2s/c(=C\c3ccc(Sc4nc(C)cc(C)n4)o3)c(=O)n2[C@@H]1c1cc(Cl)ccc1OC. The van der Waals surface area contributed by atoms with Crippen molar-refractivity contribution in [3.05, 3.63) is 125 Å². The van der Waals surface area contributed by atoms with Crippen molar-refractivity contribution < 1.29 is 18.7 Å². The minimum absolute atomic E-state index is 0.139. The number of halogens is 1. The lowest BCUT2D eigenvalue weighted by atomic mass is 9.92. The molecule has 12 heteroatoms. The summed E-state index contributed by atoms with van der Waals surface area (Å²) >= 11 is 8.95. The van der Waals surface area contributed by atoms with Crippen molar-refractivity contribution in [1.82, 2.24) is 14.5 Å². The summed E-state index contributed by atoms with van der Waals surface area (Å²) in [4.78, 5) is 42.1.